The average molecular weight is 472 g/mol. The van der Waals surface area contributed by atoms with Crippen LogP contribution in [0.1, 0.15) is 12.5 Å². The van der Waals surface area contributed by atoms with Gasteiger partial charge in [0.2, 0.25) is 11.8 Å². The molecule has 168 valence electrons. The van der Waals surface area contributed by atoms with Crippen molar-refractivity contribution in [1.29, 1.82) is 0 Å². The molecule has 2 heterocycles. The summed E-state index contributed by atoms with van der Waals surface area (Å²) in [4.78, 5) is 17.4. The third kappa shape index (κ3) is 5.43. The van der Waals surface area contributed by atoms with Gasteiger partial charge in [-0.05, 0) is 43.3 Å². The van der Waals surface area contributed by atoms with Gasteiger partial charge in [0.1, 0.15) is 0 Å². The number of piperazine rings is 1. The average Bonchev–Trinajstić information content (AvgIpc) is 3.27. The van der Waals surface area contributed by atoms with Crippen LogP contribution in [0, 0.1) is 6.92 Å². The van der Waals surface area contributed by atoms with Gasteiger partial charge in [-0.25, -0.2) is 0 Å². The fourth-order valence-electron chi connectivity index (χ4n) is 3.69. The van der Waals surface area contributed by atoms with E-state index >= 15 is 0 Å². The van der Waals surface area contributed by atoms with Gasteiger partial charge >= 0.3 is 0 Å². The summed E-state index contributed by atoms with van der Waals surface area (Å²) < 4.78 is 5.74. The highest BCUT2D eigenvalue weighted by Crippen LogP contribution is 2.31. The van der Waals surface area contributed by atoms with E-state index in [1.54, 1.807) is 6.07 Å². The first kappa shape index (κ1) is 22.6. The number of anilines is 2. The molecule has 1 amide bonds. The number of amides is 1. The van der Waals surface area contributed by atoms with Crippen molar-refractivity contribution in [3.63, 3.8) is 0 Å². The highest BCUT2D eigenvalue weighted by Gasteiger charge is 2.20. The lowest BCUT2D eigenvalue weighted by Crippen LogP contribution is -2.46. The Morgan fingerprint density at radius 3 is 2.69 bits per heavy atom. The van der Waals surface area contributed by atoms with E-state index in [0.29, 0.717) is 16.1 Å². The Morgan fingerprint density at radius 2 is 1.94 bits per heavy atom. The van der Waals surface area contributed by atoms with Gasteiger partial charge in [-0.15, -0.1) is 10.2 Å². The number of thioether (sulfide) groups is 1. The van der Waals surface area contributed by atoms with Gasteiger partial charge in [0.25, 0.3) is 5.22 Å². The zero-order valence-electron chi connectivity index (χ0n) is 18.2. The van der Waals surface area contributed by atoms with E-state index in [0.717, 1.165) is 55.2 Å². The van der Waals surface area contributed by atoms with Crippen molar-refractivity contribution in [3.8, 4) is 11.5 Å². The smallest absolute Gasteiger partial charge is 0.277 e. The van der Waals surface area contributed by atoms with Gasteiger partial charge in [-0.2, -0.15) is 0 Å². The van der Waals surface area contributed by atoms with E-state index in [4.69, 9.17) is 16.0 Å². The summed E-state index contributed by atoms with van der Waals surface area (Å²) in [5.74, 6) is 0.459. The van der Waals surface area contributed by atoms with Crippen molar-refractivity contribution < 1.29 is 9.21 Å². The Morgan fingerprint density at radius 1 is 1.16 bits per heavy atom. The summed E-state index contributed by atoms with van der Waals surface area (Å²) in [6, 6.07) is 13.4. The number of carbonyl (C=O) groups excluding carboxylic acids is 1. The maximum absolute atomic E-state index is 12.7. The first-order valence-corrected chi connectivity index (χ1v) is 12.0. The highest BCUT2D eigenvalue weighted by molar-refractivity contribution is 7.99. The number of halogens is 1. The van der Waals surface area contributed by atoms with E-state index in [1.165, 1.54) is 11.8 Å². The van der Waals surface area contributed by atoms with Crippen molar-refractivity contribution in [2.75, 3.05) is 48.7 Å². The molecule has 0 unspecified atom stereocenters. The molecule has 0 saturated carbocycles. The third-order valence-corrected chi connectivity index (χ3v) is 6.56. The maximum Gasteiger partial charge on any atom is 0.277 e. The van der Waals surface area contributed by atoms with Crippen LogP contribution in [0.15, 0.2) is 52.1 Å². The number of likely N-dealkylation sites (N-methyl/N-ethyl adjacent to an activating group) is 1. The van der Waals surface area contributed by atoms with Gasteiger partial charge in [0, 0.05) is 36.8 Å². The monoisotopic (exact) mass is 471 g/mol. The molecule has 1 N–H and O–H groups in total. The summed E-state index contributed by atoms with van der Waals surface area (Å²) in [7, 11) is 0. The van der Waals surface area contributed by atoms with Crippen LogP contribution in [-0.4, -0.2) is 59.5 Å². The lowest BCUT2D eigenvalue weighted by atomic mass is 10.1. The van der Waals surface area contributed by atoms with Crippen LogP contribution in [0.4, 0.5) is 11.4 Å². The van der Waals surface area contributed by atoms with Crippen LogP contribution in [0.2, 0.25) is 5.02 Å². The standard InChI is InChI=1S/C23H26ClN5O2S/c1-3-28-10-12-29(13-11-28)20-9-8-17(24)14-19(20)25-21(30)15-32-23-27-26-22(31-23)18-7-5-4-6-16(18)2/h4-9,14H,3,10-13,15H2,1-2H3,(H,25,30). The predicted octanol–water partition coefficient (Wildman–Crippen LogP) is 4.57. The van der Waals surface area contributed by atoms with Crippen molar-refractivity contribution in [2.24, 2.45) is 0 Å². The molecule has 1 aliphatic heterocycles. The molecular weight excluding hydrogens is 446 g/mol. The molecule has 0 aliphatic carbocycles. The first-order valence-electron chi connectivity index (χ1n) is 10.6. The second-order valence-corrected chi connectivity index (χ2v) is 8.97. The third-order valence-electron chi connectivity index (χ3n) is 5.50. The molecule has 1 saturated heterocycles. The van der Waals surface area contributed by atoms with E-state index in [2.05, 4.69) is 32.2 Å². The van der Waals surface area contributed by atoms with E-state index < -0.39 is 0 Å². The maximum atomic E-state index is 12.7. The number of aryl methyl sites for hydroxylation is 1. The summed E-state index contributed by atoms with van der Waals surface area (Å²) in [6.07, 6.45) is 0. The molecule has 32 heavy (non-hydrogen) atoms. The Hall–Kier alpha value is -2.55. The second-order valence-electron chi connectivity index (χ2n) is 7.61. The number of rotatable bonds is 7. The van der Waals surface area contributed by atoms with Crippen molar-refractivity contribution in [3.05, 3.63) is 53.1 Å². The Balaban J connectivity index is 1.39. The molecule has 7 nitrogen and oxygen atoms in total. The summed E-state index contributed by atoms with van der Waals surface area (Å²) in [6.45, 7) is 9.05. The van der Waals surface area contributed by atoms with Crippen LogP contribution >= 0.6 is 23.4 Å². The molecule has 1 aromatic heterocycles. The van der Waals surface area contributed by atoms with Gasteiger partial charge in [-0.3, -0.25) is 4.79 Å². The number of hydrogen-bond donors (Lipinski definition) is 1. The van der Waals surface area contributed by atoms with Crippen molar-refractivity contribution in [1.82, 2.24) is 15.1 Å². The normalized spacial score (nSPS) is 14.5. The number of nitrogens with one attached hydrogen (secondary N) is 1. The highest BCUT2D eigenvalue weighted by atomic mass is 35.5. The number of benzene rings is 2. The SMILES string of the molecule is CCN1CCN(c2ccc(Cl)cc2NC(=O)CSc2nnc(-c3ccccc3C)o2)CC1. The minimum Gasteiger partial charge on any atom is -0.411 e. The molecular formula is C23H26ClN5O2S. The second kappa shape index (κ2) is 10.4. The summed E-state index contributed by atoms with van der Waals surface area (Å²) in [5.41, 5.74) is 3.66. The van der Waals surface area contributed by atoms with Gasteiger partial charge in [0.15, 0.2) is 0 Å². The van der Waals surface area contributed by atoms with Crippen molar-refractivity contribution >= 4 is 40.6 Å². The molecule has 0 radical (unpaired) electrons. The Labute approximate surface area is 197 Å². The topological polar surface area (TPSA) is 74.5 Å². The fourth-order valence-corrected chi connectivity index (χ4v) is 4.43. The number of nitrogens with zero attached hydrogens (tertiary/aromatic N) is 4. The van der Waals surface area contributed by atoms with Crippen LogP contribution in [0.3, 0.4) is 0 Å². The number of aromatic nitrogens is 2. The molecule has 9 heteroatoms. The zero-order chi connectivity index (χ0) is 22.5. The van der Waals surface area contributed by atoms with Gasteiger partial charge in [0.05, 0.1) is 17.1 Å². The Kier molecular flexibility index (Phi) is 7.34. The molecule has 2 aromatic carbocycles. The predicted molar refractivity (Wildman–Crippen MR) is 130 cm³/mol. The first-order chi connectivity index (χ1) is 15.5. The summed E-state index contributed by atoms with van der Waals surface area (Å²) >= 11 is 7.43. The Bertz CT molecular complexity index is 1080. The largest absolute Gasteiger partial charge is 0.411 e. The quantitative estimate of drug-likeness (QED) is 0.506. The van der Waals surface area contributed by atoms with Gasteiger partial charge in [-0.1, -0.05) is 48.5 Å². The molecule has 1 aliphatic rings. The minimum absolute atomic E-state index is 0.152. The molecule has 1 fully saturated rings. The lowest BCUT2D eigenvalue weighted by Gasteiger charge is -2.36. The van der Waals surface area contributed by atoms with Crippen LogP contribution in [0.5, 0.6) is 0 Å². The molecule has 0 atom stereocenters. The van der Waals surface area contributed by atoms with E-state index in [1.807, 2.05) is 43.3 Å². The molecule has 0 spiro atoms. The van der Waals surface area contributed by atoms with Crippen LogP contribution < -0.4 is 10.2 Å². The summed E-state index contributed by atoms with van der Waals surface area (Å²) in [5, 5.41) is 12.1. The zero-order valence-corrected chi connectivity index (χ0v) is 19.7. The van der Waals surface area contributed by atoms with Crippen molar-refractivity contribution in [2.45, 2.75) is 19.1 Å². The fraction of sp³-hybridized carbons (Fsp3) is 0.348. The lowest BCUT2D eigenvalue weighted by molar-refractivity contribution is -0.113. The number of hydrogen-bond acceptors (Lipinski definition) is 7. The molecule has 4 rings (SSSR count). The van der Waals surface area contributed by atoms with E-state index in [-0.39, 0.29) is 11.7 Å². The number of carbonyl (C=O) groups is 1. The van der Waals surface area contributed by atoms with Gasteiger partial charge < -0.3 is 19.5 Å². The van der Waals surface area contributed by atoms with Crippen LogP contribution in [-0.2, 0) is 4.79 Å². The minimum atomic E-state index is -0.152. The molecule has 3 aromatic rings. The van der Waals surface area contributed by atoms with E-state index in [9.17, 15) is 4.79 Å². The van der Waals surface area contributed by atoms with Crippen LogP contribution in [0.25, 0.3) is 11.5 Å². The molecule has 0 bridgehead atoms.